The zero-order chi connectivity index (χ0) is 19.4. The molecule has 2 unspecified atom stereocenters. The highest BCUT2D eigenvalue weighted by molar-refractivity contribution is 5.85. The fraction of sp³-hybridized carbons (Fsp3) is 0.500. The summed E-state index contributed by atoms with van der Waals surface area (Å²) in [5.74, 6) is 1.04. The van der Waals surface area contributed by atoms with Gasteiger partial charge in [-0.15, -0.1) is 0 Å². The van der Waals surface area contributed by atoms with E-state index in [1.165, 1.54) is 6.42 Å². The summed E-state index contributed by atoms with van der Waals surface area (Å²) in [7, 11) is 5.58. The second-order valence-corrected chi connectivity index (χ2v) is 7.54. The van der Waals surface area contributed by atoms with Gasteiger partial charge in [-0.25, -0.2) is 0 Å². The Morgan fingerprint density at radius 2 is 2.04 bits per heavy atom. The van der Waals surface area contributed by atoms with E-state index in [9.17, 15) is 4.79 Å². The fourth-order valence-electron chi connectivity index (χ4n) is 3.92. The van der Waals surface area contributed by atoms with Gasteiger partial charge in [0.15, 0.2) is 0 Å². The van der Waals surface area contributed by atoms with Gasteiger partial charge in [-0.05, 0) is 67.9 Å². The Kier molecular flexibility index (Phi) is 6.34. The number of piperidine rings is 1. The molecule has 0 aliphatic carbocycles. The second kappa shape index (κ2) is 8.72. The average Bonchev–Trinajstić information content (AvgIpc) is 2.72. The molecule has 146 valence electrons. The third-order valence-electron chi connectivity index (χ3n) is 5.67. The van der Waals surface area contributed by atoms with Crippen LogP contribution in [0.2, 0.25) is 0 Å². The third-order valence-corrected chi connectivity index (χ3v) is 5.67. The molecule has 5 nitrogen and oxygen atoms in total. The molecule has 1 saturated heterocycles. The maximum atomic E-state index is 12.9. The van der Waals surface area contributed by atoms with Crippen molar-refractivity contribution < 1.29 is 9.53 Å². The summed E-state index contributed by atoms with van der Waals surface area (Å²) in [6.07, 6.45) is 2.33. The predicted molar refractivity (Wildman–Crippen MR) is 110 cm³/mol. The molecule has 0 spiro atoms. The molecule has 1 aliphatic rings. The van der Waals surface area contributed by atoms with Crippen LogP contribution in [0.15, 0.2) is 36.4 Å². The van der Waals surface area contributed by atoms with E-state index in [0.717, 1.165) is 41.6 Å². The van der Waals surface area contributed by atoms with Crippen molar-refractivity contribution in [3.63, 3.8) is 0 Å². The quantitative estimate of drug-likeness (QED) is 0.850. The number of carbonyl (C=O) groups is 1. The normalized spacial score (nSPS) is 19.0. The van der Waals surface area contributed by atoms with E-state index in [2.05, 4.69) is 34.5 Å². The van der Waals surface area contributed by atoms with Gasteiger partial charge in [0, 0.05) is 26.2 Å². The van der Waals surface area contributed by atoms with Gasteiger partial charge >= 0.3 is 0 Å². The molecule has 1 N–H and O–H groups in total. The van der Waals surface area contributed by atoms with Crippen LogP contribution < -0.4 is 10.1 Å². The van der Waals surface area contributed by atoms with E-state index < -0.39 is 0 Å². The number of hydrogen-bond acceptors (Lipinski definition) is 4. The van der Waals surface area contributed by atoms with Crippen molar-refractivity contribution in [2.24, 2.45) is 0 Å². The molecule has 2 atom stereocenters. The van der Waals surface area contributed by atoms with Crippen molar-refractivity contribution in [3.8, 4) is 5.75 Å². The Balaban J connectivity index is 1.66. The van der Waals surface area contributed by atoms with Gasteiger partial charge in [-0.2, -0.15) is 0 Å². The molecule has 0 aromatic heterocycles. The molecular formula is C22H31N3O2. The number of methoxy groups -OCH3 is 1. The number of nitrogens with zero attached hydrogens (tertiary/aromatic N) is 2. The van der Waals surface area contributed by atoms with Crippen LogP contribution in [0.1, 0.15) is 25.3 Å². The van der Waals surface area contributed by atoms with Crippen LogP contribution in [-0.2, 0) is 11.3 Å². The molecule has 0 bridgehead atoms. The van der Waals surface area contributed by atoms with Crippen LogP contribution in [-0.4, -0.2) is 62.1 Å². The first-order valence-corrected chi connectivity index (χ1v) is 9.75. The van der Waals surface area contributed by atoms with Crippen LogP contribution in [0.4, 0.5) is 0 Å². The first kappa shape index (κ1) is 19.6. The molecule has 0 saturated carbocycles. The summed E-state index contributed by atoms with van der Waals surface area (Å²) in [5.41, 5.74) is 1.14. The lowest BCUT2D eigenvalue weighted by atomic mass is 10.0. The molecule has 2 aromatic rings. The summed E-state index contributed by atoms with van der Waals surface area (Å²) < 4.78 is 5.29. The second-order valence-electron chi connectivity index (χ2n) is 7.54. The lowest BCUT2D eigenvalue weighted by molar-refractivity contribution is -0.136. The Morgan fingerprint density at radius 3 is 2.78 bits per heavy atom. The van der Waals surface area contributed by atoms with Gasteiger partial charge in [0.1, 0.15) is 5.75 Å². The molecule has 1 amide bonds. The third kappa shape index (κ3) is 4.60. The summed E-state index contributed by atoms with van der Waals surface area (Å²) in [6.45, 7) is 4.59. The number of likely N-dealkylation sites (tertiary alicyclic amines) is 1. The molecule has 27 heavy (non-hydrogen) atoms. The summed E-state index contributed by atoms with van der Waals surface area (Å²) >= 11 is 0. The van der Waals surface area contributed by atoms with Gasteiger partial charge < -0.3 is 15.0 Å². The summed E-state index contributed by atoms with van der Waals surface area (Å²) in [5, 5.41) is 5.65. The minimum Gasteiger partial charge on any atom is -0.497 e. The molecule has 1 fully saturated rings. The van der Waals surface area contributed by atoms with Crippen LogP contribution in [0.3, 0.4) is 0 Å². The number of carbonyl (C=O) groups excluding carboxylic acids is 1. The van der Waals surface area contributed by atoms with E-state index in [4.69, 9.17) is 4.74 Å². The lowest BCUT2D eigenvalue weighted by Crippen LogP contribution is -2.52. The van der Waals surface area contributed by atoms with Crippen molar-refractivity contribution >= 4 is 16.7 Å². The Morgan fingerprint density at radius 1 is 1.30 bits per heavy atom. The van der Waals surface area contributed by atoms with Crippen LogP contribution in [0.5, 0.6) is 5.75 Å². The number of ether oxygens (including phenoxy) is 1. The Hall–Kier alpha value is -2.11. The van der Waals surface area contributed by atoms with Crippen LogP contribution in [0.25, 0.3) is 10.8 Å². The van der Waals surface area contributed by atoms with Crippen molar-refractivity contribution in [1.82, 2.24) is 15.1 Å². The summed E-state index contributed by atoms with van der Waals surface area (Å²) in [4.78, 5) is 17.1. The largest absolute Gasteiger partial charge is 0.497 e. The highest BCUT2D eigenvalue weighted by Gasteiger charge is 2.28. The molecular weight excluding hydrogens is 338 g/mol. The van der Waals surface area contributed by atoms with E-state index in [-0.39, 0.29) is 11.9 Å². The fourth-order valence-corrected chi connectivity index (χ4v) is 3.92. The number of amides is 1. The van der Waals surface area contributed by atoms with Crippen molar-refractivity contribution in [2.75, 3.05) is 34.3 Å². The highest BCUT2D eigenvalue weighted by atomic mass is 16.5. The zero-order valence-corrected chi connectivity index (χ0v) is 16.9. The minimum absolute atomic E-state index is 0.0872. The Bertz CT molecular complexity index is 792. The number of fused-ring (bicyclic) bond motifs is 1. The topological polar surface area (TPSA) is 44.8 Å². The number of benzene rings is 2. The monoisotopic (exact) mass is 369 g/mol. The molecule has 5 heteroatoms. The van der Waals surface area contributed by atoms with Crippen molar-refractivity contribution in [3.05, 3.63) is 42.0 Å². The van der Waals surface area contributed by atoms with Crippen molar-refractivity contribution in [1.29, 1.82) is 0 Å². The Labute approximate surface area is 162 Å². The van der Waals surface area contributed by atoms with E-state index in [1.807, 2.05) is 38.1 Å². The molecule has 3 rings (SSSR count). The van der Waals surface area contributed by atoms with Gasteiger partial charge in [0.2, 0.25) is 5.91 Å². The standard InChI is InChI=1S/C22H31N3O2/c1-16(25-11-5-6-20(15-25)23-2)22(26)24(3)14-17-7-8-19-13-21(27-4)10-9-18(19)12-17/h7-10,12-13,16,20,23H,5-6,11,14-15H2,1-4H3. The maximum Gasteiger partial charge on any atom is 0.239 e. The number of likely N-dealkylation sites (N-methyl/N-ethyl adjacent to an activating group) is 2. The van der Waals surface area contributed by atoms with Crippen molar-refractivity contribution in [2.45, 2.75) is 38.4 Å². The summed E-state index contributed by atoms with van der Waals surface area (Å²) in [6, 6.07) is 12.8. The van der Waals surface area contributed by atoms with E-state index in [0.29, 0.717) is 12.6 Å². The van der Waals surface area contributed by atoms with Crippen LogP contribution in [0, 0.1) is 0 Å². The highest BCUT2D eigenvalue weighted by Crippen LogP contribution is 2.22. The van der Waals surface area contributed by atoms with E-state index in [1.54, 1.807) is 7.11 Å². The molecule has 2 aromatic carbocycles. The minimum atomic E-state index is -0.0872. The zero-order valence-electron chi connectivity index (χ0n) is 16.9. The van der Waals surface area contributed by atoms with Gasteiger partial charge in [-0.1, -0.05) is 18.2 Å². The van der Waals surface area contributed by atoms with E-state index >= 15 is 0 Å². The average molecular weight is 370 g/mol. The van der Waals surface area contributed by atoms with Gasteiger partial charge in [-0.3, -0.25) is 9.69 Å². The van der Waals surface area contributed by atoms with Gasteiger partial charge in [0.25, 0.3) is 0 Å². The number of rotatable bonds is 6. The maximum absolute atomic E-state index is 12.9. The number of hydrogen-bond donors (Lipinski definition) is 1. The number of nitrogens with one attached hydrogen (secondary N) is 1. The smallest absolute Gasteiger partial charge is 0.239 e. The molecule has 1 aliphatic heterocycles. The molecule has 1 heterocycles. The predicted octanol–water partition coefficient (Wildman–Crippen LogP) is 2.88. The van der Waals surface area contributed by atoms with Crippen LogP contribution >= 0.6 is 0 Å². The lowest BCUT2D eigenvalue weighted by Gasteiger charge is -2.37. The first-order chi connectivity index (χ1) is 13.0. The van der Waals surface area contributed by atoms with Gasteiger partial charge in [0.05, 0.1) is 13.2 Å². The first-order valence-electron chi connectivity index (χ1n) is 9.75. The molecule has 0 radical (unpaired) electrons. The SMILES string of the molecule is CNC1CCCN(C(C)C(=O)N(C)Cc2ccc3cc(OC)ccc3c2)C1.